The third kappa shape index (κ3) is 5.06. The monoisotopic (exact) mass is 463 g/mol. The molecule has 0 aliphatic rings. The molecule has 2 aromatic heterocycles. The van der Waals surface area contributed by atoms with Gasteiger partial charge in [-0.05, 0) is 36.4 Å². The molecule has 0 fully saturated rings. The van der Waals surface area contributed by atoms with Crippen molar-refractivity contribution in [2.75, 3.05) is 6.54 Å². The number of benzene rings is 2. The van der Waals surface area contributed by atoms with Crippen molar-refractivity contribution in [1.29, 1.82) is 0 Å². The number of amides is 1. The highest BCUT2D eigenvalue weighted by Crippen LogP contribution is 2.28. The minimum Gasteiger partial charge on any atom is -0.444 e. The molecule has 0 saturated heterocycles. The molecule has 2 heterocycles. The van der Waals surface area contributed by atoms with Crippen molar-refractivity contribution in [3.63, 3.8) is 0 Å². The lowest BCUT2D eigenvalue weighted by molar-refractivity contribution is 0.0944. The van der Waals surface area contributed by atoms with E-state index in [1.54, 1.807) is 42.8 Å². The topological polar surface area (TPSA) is 85.1 Å². The number of oxazole rings is 1. The van der Waals surface area contributed by atoms with Gasteiger partial charge in [-0.3, -0.25) is 9.59 Å². The lowest BCUT2D eigenvalue weighted by Crippen LogP contribution is -2.37. The van der Waals surface area contributed by atoms with Gasteiger partial charge in [0.15, 0.2) is 5.78 Å². The molecule has 6 nitrogen and oxygen atoms in total. The summed E-state index contributed by atoms with van der Waals surface area (Å²) >= 11 is 1.30. The second-order valence-electron chi connectivity index (χ2n) is 8.28. The molecule has 2 aromatic carbocycles. The van der Waals surface area contributed by atoms with E-state index >= 15 is 0 Å². The Hall–Kier alpha value is -3.65. The second kappa shape index (κ2) is 9.07. The van der Waals surface area contributed by atoms with E-state index in [2.05, 4.69) is 15.3 Å². The van der Waals surface area contributed by atoms with Crippen LogP contribution in [0.25, 0.3) is 22.0 Å². The van der Waals surface area contributed by atoms with Crippen LogP contribution in [-0.2, 0) is 5.41 Å². The van der Waals surface area contributed by atoms with E-state index in [-0.39, 0.29) is 17.5 Å². The first kappa shape index (κ1) is 22.5. The molecule has 0 radical (unpaired) electrons. The molecule has 0 spiro atoms. The van der Waals surface area contributed by atoms with Gasteiger partial charge in [0.05, 0.1) is 10.6 Å². The van der Waals surface area contributed by atoms with Crippen molar-refractivity contribution in [2.45, 2.75) is 26.2 Å². The Morgan fingerprint density at radius 3 is 2.58 bits per heavy atom. The van der Waals surface area contributed by atoms with Crippen molar-refractivity contribution in [2.24, 2.45) is 0 Å². The largest absolute Gasteiger partial charge is 0.444 e. The zero-order valence-corrected chi connectivity index (χ0v) is 19.2. The fourth-order valence-corrected chi connectivity index (χ4v) is 3.97. The van der Waals surface area contributed by atoms with E-state index in [1.165, 1.54) is 30.4 Å². The number of carbonyl (C=O) groups is 2. The molecule has 0 aliphatic carbocycles. The van der Waals surface area contributed by atoms with Crippen LogP contribution in [0.2, 0.25) is 0 Å². The maximum Gasteiger partial charge on any atom is 0.251 e. The number of hydrogen-bond donors (Lipinski definition) is 1. The molecular formula is C25H22FN3O3S. The van der Waals surface area contributed by atoms with Gasteiger partial charge in [-0.25, -0.2) is 14.4 Å². The normalized spacial score (nSPS) is 11.4. The van der Waals surface area contributed by atoms with E-state index in [1.807, 2.05) is 19.9 Å². The van der Waals surface area contributed by atoms with Crippen molar-refractivity contribution in [1.82, 2.24) is 15.3 Å². The third-order valence-electron chi connectivity index (χ3n) is 5.20. The van der Waals surface area contributed by atoms with E-state index in [9.17, 15) is 14.0 Å². The van der Waals surface area contributed by atoms with Crippen LogP contribution >= 0.6 is 11.3 Å². The molecule has 8 heteroatoms. The number of aromatic nitrogens is 2. The number of carbonyl (C=O) groups excluding carboxylic acids is 2. The van der Waals surface area contributed by atoms with Crippen LogP contribution < -0.4 is 5.32 Å². The second-order valence-corrected chi connectivity index (χ2v) is 9.31. The van der Waals surface area contributed by atoms with Crippen molar-refractivity contribution >= 4 is 23.0 Å². The lowest BCUT2D eigenvalue weighted by Gasteiger charge is -2.22. The number of thiazole rings is 1. The minimum atomic E-state index is -0.499. The van der Waals surface area contributed by atoms with Crippen LogP contribution in [0.4, 0.5) is 4.39 Å². The fraction of sp³-hybridized carbons (Fsp3) is 0.200. The number of halogens is 1. The molecule has 168 valence electrons. The van der Waals surface area contributed by atoms with Gasteiger partial charge in [0.1, 0.15) is 17.1 Å². The summed E-state index contributed by atoms with van der Waals surface area (Å²) in [5, 5.41) is 3.64. The highest BCUT2D eigenvalue weighted by molar-refractivity contribution is 7.16. The van der Waals surface area contributed by atoms with Gasteiger partial charge in [0, 0.05) is 41.8 Å². The number of nitrogens with one attached hydrogen (secondary N) is 1. The molecule has 1 amide bonds. The minimum absolute atomic E-state index is 0.0367. The average Bonchev–Trinajstić information content (AvgIpc) is 3.49. The molecule has 0 bridgehead atoms. The van der Waals surface area contributed by atoms with E-state index in [0.717, 1.165) is 5.56 Å². The molecular weight excluding hydrogens is 441 g/mol. The van der Waals surface area contributed by atoms with Gasteiger partial charge in [0.2, 0.25) is 5.89 Å². The van der Waals surface area contributed by atoms with Crippen LogP contribution in [-0.4, -0.2) is 28.2 Å². The first-order valence-electron chi connectivity index (χ1n) is 10.3. The lowest BCUT2D eigenvalue weighted by atomic mass is 9.90. The third-order valence-corrected chi connectivity index (χ3v) is 6.35. The van der Waals surface area contributed by atoms with Gasteiger partial charge >= 0.3 is 0 Å². The predicted molar refractivity (Wildman–Crippen MR) is 125 cm³/mol. The summed E-state index contributed by atoms with van der Waals surface area (Å²) in [6.45, 7) is 5.74. The van der Waals surface area contributed by atoms with Gasteiger partial charge in [0.25, 0.3) is 5.91 Å². The van der Waals surface area contributed by atoms with E-state index < -0.39 is 5.41 Å². The standard InChI is InChI=1S/C25H22FN3O3S/c1-15(30)20-12-27-24(33-20)18-6-4-5-17(11-18)22(31)28-14-25(2,3)21-13-32-23(29-21)16-7-9-19(26)10-8-16/h4-13H,14H2,1-3H3,(H,28,31). The van der Waals surface area contributed by atoms with Crippen LogP contribution in [0, 0.1) is 5.82 Å². The number of ketones is 1. The zero-order chi connectivity index (χ0) is 23.6. The fourth-order valence-electron chi connectivity index (χ4n) is 3.17. The molecule has 4 rings (SSSR count). The number of rotatable bonds is 7. The Labute approximate surface area is 194 Å². The quantitative estimate of drug-likeness (QED) is 0.365. The SMILES string of the molecule is CC(=O)c1cnc(-c2cccc(C(=O)NCC(C)(C)c3coc(-c4ccc(F)cc4)n3)c2)s1. The summed E-state index contributed by atoms with van der Waals surface area (Å²) in [7, 11) is 0. The first-order valence-corrected chi connectivity index (χ1v) is 11.1. The van der Waals surface area contributed by atoms with Gasteiger partial charge in [-0.2, -0.15) is 0 Å². The van der Waals surface area contributed by atoms with Crippen LogP contribution in [0.1, 0.15) is 46.5 Å². The summed E-state index contributed by atoms with van der Waals surface area (Å²) in [4.78, 5) is 33.8. The van der Waals surface area contributed by atoms with Crippen molar-refractivity contribution in [3.05, 3.63) is 82.9 Å². The molecule has 0 aliphatic heterocycles. The van der Waals surface area contributed by atoms with Crippen LogP contribution in [0.15, 0.2) is 65.4 Å². The van der Waals surface area contributed by atoms with Crippen molar-refractivity contribution in [3.8, 4) is 22.0 Å². The van der Waals surface area contributed by atoms with E-state index in [0.29, 0.717) is 39.1 Å². The first-order chi connectivity index (χ1) is 15.7. The Balaban J connectivity index is 1.45. The Morgan fingerprint density at radius 1 is 1.12 bits per heavy atom. The summed E-state index contributed by atoms with van der Waals surface area (Å²) in [5.41, 5.74) is 2.13. The maximum absolute atomic E-state index is 13.2. The van der Waals surface area contributed by atoms with Gasteiger partial charge in [-0.15, -0.1) is 11.3 Å². The molecule has 1 N–H and O–H groups in total. The van der Waals surface area contributed by atoms with Crippen LogP contribution in [0.5, 0.6) is 0 Å². The summed E-state index contributed by atoms with van der Waals surface area (Å²) in [5.74, 6) is -0.196. The smallest absolute Gasteiger partial charge is 0.251 e. The molecule has 33 heavy (non-hydrogen) atoms. The summed E-state index contributed by atoms with van der Waals surface area (Å²) in [6, 6.07) is 13.0. The summed E-state index contributed by atoms with van der Waals surface area (Å²) < 4.78 is 18.7. The Bertz CT molecular complexity index is 1310. The molecule has 0 atom stereocenters. The van der Waals surface area contributed by atoms with Gasteiger partial charge < -0.3 is 9.73 Å². The van der Waals surface area contributed by atoms with Crippen molar-refractivity contribution < 1.29 is 18.4 Å². The average molecular weight is 464 g/mol. The molecule has 0 unspecified atom stereocenters. The number of nitrogens with zero attached hydrogens (tertiary/aromatic N) is 2. The van der Waals surface area contributed by atoms with Crippen LogP contribution in [0.3, 0.4) is 0 Å². The Morgan fingerprint density at radius 2 is 1.88 bits per heavy atom. The number of Topliss-reactive ketones (excluding diaryl/α,β-unsaturated/α-hetero) is 1. The highest BCUT2D eigenvalue weighted by atomic mass is 32.1. The van der Waals surface area contributed by atoms with Gasteiger partial charge in [-0.1, -0.05) is 26.0 Å². The summed E-state index contributed by atoms with van der Waals surface area (Å²) in [6.07, 6.45) is 3.11. The number of hydrogen-bond acceptors (Lipinski definition) is 6. The molecule has 4 aromatic rings. The highest BCUT2D eigenvalue weighted by Gasteiger charge is 2.26. The zero-order valence-electron chi connectivity index (χ0n) is 18.4. The Kier molecular flexibility index (Phi) is 6.20. The molecule has 0 saturated carbocycles. The predicted octanol–water partition coefficient (Wildman–Crippen LogP) is 5.51. The van der Waals surface area contributed by atoms with E-state index in [4.69, 9.17) is 4.42 Å². The maximum atomic E-state index is 13.2.